The summed E-state index contributed by atoms with van der Waals surface area (Å²) in [6.45, 7) is 9.35. The van der Waals surface area contributed by atoms with Crippen molar-refractivity contribution >= 4 is 0 Å². The van der Waals surface area contributed by atoms with Gasteiger partial charge >= 0.3 is 0 Å². The zero-order valence-electron chi connectivity index (χ0n) is 16.3. The quantitative estimate of drug-likeness (QED) is 0.237. The Morgan fingerprint density at radius 3 is 1.55 bits per heavy atom. The molecule has 0 rings (SSSR count). The fourth-order valence-electron chi connectivity index (χ4n) is 3.55. The molecule has 0 aliphatic rings. The molecule has 1 radical (unpaired) electrons. The lowest BCUT2D eigenvalue weighted by Gasteiger charge is -2.22. The lowest BCUT2D eigenvalue weighted by atomic mass is 9.83. The molecule has 0 aromatic heterocycles. The van der Waals surface area contributed by atoms with Crippen LogP contribution in [0.4, 0.5) is 0 Å². The van der Waals surface area contributed by atoms with E-state index in [4.69, 9.17) is 0 Å². The van der Waals surface area contributed by atoms with Crippen LogP contribution in [-0.2, 0) is 0 Å². The summed E-state index contributed by atoms with van der Waals surface area (Å²) in [5.41, 5.74) is 0. The van der Waals surface area contributed by atoms with E-state index in [1.165, 1.54) is 96.3 Å². The van der Waals surface area contributed by atoms with E-state index < -0.39 is 0 Å². The molecule has 0 heteroatoms. The first-order valence-corrected chi connectivity index (χ1v) is 10.6. The minimum Gasteiger partial charge on any atom is -0.0654 e. The summed E-state index contributed by atoms with van der Waals surface area (Å²) in [6, 6.07) is 0. The van der Waals surface area contributed by atoms with Crippen molar-refractivity contribution in [3.63, 3.8) is 0 Å². The van der Waals surface area contributed by atoms with Gasteiger partial charge in [-0.15, -0.1) is 0 Å². The fourth-order valence-corrected chi connectivity index (χ4v) is 3.55. The summed E-state index contributed by atoms with van der Waals surface area (Å²) in [5.74, 6) is 1.78. The van der Waals surface area contributed by atoms with Crippen LogP contribution in [0.25, 0.3) is 0 Å². The summed E-state index contributed by atoms with van der Waals surface area (Å²) in [4.78, 5) is 0. The van der Waals surface area contributed by atoms with Gasteiger partial charge in [0.2, 0.25) is 0 Å². The van der Waals surface area contributed by atoms with E-state index in [0.29, 0.717) is 0 Å². The SMILES string of the molecule is CCCCCCCCC([CH]C(CCC)CCCCCC)CC. The van der Waals surface area contributed by atoms with Crippen LogP contribution in [0.15, 0.2) is 0 Å². The van der Waals surface area contributed by atoms with Crippen molar-refractivity contribution < 1.29 is 0 Å². The Morgan fingerprint density at radius 2 is 1.00 bits per heavy atom. The van der Waals surface area contributed by atoms with Crippen LogP contribution >= 0.6 is 0 Å². The molecule has 0 amide bonds. The summed E-state index contributed by atoms with van der Waals surface area (Å²) >= 11 is 0. The third kappa shape index (κ3) is 13.6. The number of hydrogen-bond acceptors (Lipinski definition) is 0. The van der Waals surface area contributed by atoms with Crippen molar-refractivity contribution in [3.05, 3.63) is 6.42 Å². The van der Waals surface area contributed by atoms with Crippen LogP contribution in [0.2, 0.25) is 0 Å². The summed E-state index contributed by atoms with van der Waals surface area (Å²) in [5, 5.41) is 0. The second-order valence-corrected chi connectivity index (χ2v) is 7.32. The third-order valence-corrected chi connectivity index (χ3v) is 5.09. The van der Waals surface area contributed by atoms with Gasteiger partial charge in [0.1, 0.15) is 0 Å². The number of unbranched alkanes of at least 4 members (excludes halogenated alkanes) is 8. The first-order chi connectivity index (χ1) is 10.8. The molecular formula is C22H45. The lowest BCUT2D eigenvalue weighted by molar-refractivity contribution is 0.388. The fraction of sp³-hybridized carbons (Fsp3) is 0.955. The first-order valence-electron chi connectivity index (χ1n) is 10.6. The second kappa shape index (κ2) is 17.4. The Kier molecular flexibility index (Phi) is 17.4. The lowest BCUT2D eigenvalue weighted by Crippen LogP contribution is -2.10. The minimum absolute atomic E-state index is 0.883. The van der Waals surface area contributed by atoms with Crippen LogP contribution in [-0.4, -0.2) is 0 Å². The molecule has 0 aromatic rings. The van der Waals surface area contributed by atoms with Gasteiger partial charge < -0.3 is 0 Å². The average Bonchev–Trinajstić information content (AvgIpc) is 2.53. The summed E-state index contributed by atoms with van der Waals surface area (Å²) < 4.78 is 0. The molecular weight excluding hydrogens is 264 g/mol. The smallest absolute Gasteiger partial charge is 0.0324 e. The van der Waals surface area contributed by atoms with Crippen molar-refractivity contribution in [2.24, 2.45) is 11.8 Å². The Labute approximate surface area is 142 Å². The molecule has 22 heavy (non-hydrogen) atoms. The maximum absolute atomic E-state index is 2.75. The second-order valence-electron chi connectivity index (χ2n) is 7.32. The van der Waals surface area contributed by atoms with E-state index >= 15 is 0 Å². The third-order valence-electron chi connectivity index (χ3n) is 5.09. The van der Waals surface area contributed by atoms with Crippen molar-refractivity contribution in [3.8, 4) is 0 Å². The average molecular weight is 310 g/mol. The Bertz CT molecular complexity index is 196. The van der Waals surface area contributed by atoms with Gasteiger partial charge in [0.15, 0.2) is 0 Å². The van der Waals surface area contributed by atoms with Gasteiger partial charge in [-0.3, -0.25) is 0 Å². The minimum atomic E-state index is 0.883. The molecule has 0 heterocycles. The summed E-state index contributed by atoms with van der Waals surface area (Å²) in [6.07, 6.45) is 24.0. The highest BCUT2D eigenvalue weighted by atomic mass is 14.2. The van der Waals surface area contributed by atoms with Crippen LogP contribution in [0.5, 0.6) is 0 Å². The molecule has 0 saturated carbocycles. The van der Waals surface area contributed by atoms with Crippen LogP contribution < -0.4 is 0 Å². The highest BCUT2D eigenvalue weighted by molar-refractivity contribution is 4.83. The van der Waals surface area contributed by atoms with Gasteiger partial charge in [0, 0.05) is 0 Å². The molecule has 0 aliphatic heterocycles. The van der Waals surface area contributed by atoms with E-state index in [2.05, 4.69) is 34.1 Å². The van der Waals surface area contributed by atoms with Crippen LogP contribution in [0.1, 0.15) is 124 Å². The largest absolute Gasteiger partial charge is 0.0654 e. The predicted molar refractivity (Wildman–Crippen MR) is 103 cm³/mol. The molecule has 2 atom stereocenters. The summed E-state index contributed by atoms with van der Waals surface area (Å²) in [7, 11) is 0. The van der Waals surface area contributed by atoms with Crippen LogP contribution in [0, 0.1) is 18.3 Å². The van der Waals surface area contributed by atoms with E-state index in [1.54, 1.807) is 0 Å². The van der Waals surface area contributed by atoms with Crippen molar-refractivity contribution in [2.45, 2.75) is 124 Å². The molecule has 0 spiro atoms. The zero-order chi connectivity index (χ0) is 16.5. The molecule has 0 aromatic carbocycles. The van der Waals surface area contributed by atoms with Gasteiger partial charge in [-0.25, -0.2) is 0 Å². The van der Waals surface area contributed by atoms with Gasteiger partial charge in [-0.1, -0.05) is 124 Å². The highest BCUT2D eigenvalue weighted by Crippen LogP contribution is 2.27. The Balaban J connectivity index is 3.85. The standard InChI is InChI=1S/C22H45/c1-5-9-11-13-14-16-18-21(8-4)20-22(17-7-3)19-15-12-10-6-2/h20-22H,5-19H2,1-4H3. The topological polar surface area (TPSA) is 0 Å². The number of rotatable bonds is 17. The van der Waals surface area contributed by atoms with Crippen molar-refractivity contribution in [1.29, 1.82) is 0 Å². The monoisotopic (exact) mass is 309 g/mol. The van der Waals surface area contributed by atoms with Gasteiger partial charge in [0.05, 0.1) is 0 Å². The van der Waals surface area contributed by atoms with E-state index in [1.807, 2.05) is 0 Å². The molecule has 0 fully saturated rings. The van der Waals surface area contributed by atoms with Crippen LogP contribution in [0.3, 0.4) is 0 Å². The molecule has 133 valence electrons. The van der Waals surface area contributed by atoms with E-state index in [9.17, 15) is 0 Å². The first kappa shape index (κ1) is 22.0. The molecule has 0 aliphatic carbocycles. The maximum Gasteiger partial charge on any atom is -0.0324 e. The highest BCUT2D eigenvalue weighted by Gasteiger charge is 2.15. The normalized spacial score (nSPS) is 14.2. The van der Waals surface area contributed by atoms with Crippen molar-refractivity contribution in [2.75, 3.05) is 0 Å². The van der Waals surface area contributed by atoms with Crippen molar-refractivity contribution in [1.82, 2.24) is 0 Å². The molecule has 0 saturated heterocycles. The van der Waals surface area contributed by atoms with E-state index in [0.717, 1.165) is 11.8 Å². The molecule has 0 N–H and O–H groups in total. The predicted octanol–water partition coefficient (Wildman–Crippen LogP) is 8.35. The Morgan fingerprint density at radius 1 is 0.500 bits per heavy atom. The van der Waals surface area contributed by atoms with Gasteiger partial charge in [-0.05, 0) is 18.3 Å². The molecule has 0 bridgehead atoms. The van der Waals surface area contributed by atoms with Gasteiger partial charge in [-0.2, -0.15) is 0 Å². The molecule has 0 nitrogen and oxygen atoms in total. The molecule has 2 unspecified atom stereocenters. The Hall–Kier alpha value is 0. The van der Waals surface area contributed by atoms with E-state index in [-0.39, 0.29) is 0 Å². The zero-order valence-corrected chi connectivity index (χ0v) is 16.3. The van der Waals surface area contributed by atoms with Gasteiger partial charge in [0.25, 0.3) is 0 Å². The number of hydrogen-bond donors (Lipinski definition) is 0. The maximum atomic E-state index is 2.75.